The van der Waals surface area contributed by atoms with Crippen LogP contribution in [0.4, 0.5) is 5.69 Å². The minimum atomic E-state index is -0.789. The summed E-state index contributed by atoms with van der Waals surface area (Å²) in [5.41, 5.74) is 0.524. The van der Waals surface area contributed by atoms with Gasteiger partial charge < -0.3 is 10.4 Å². The third kappa shape index (κ3) is 4.82. The normalized spacial score (nSPS) is 15.9. The molecule has 0 radical (unpaired) electrons. The van der Waals surface area contributed by atoms with E-state index in [1.165, 1.54) is 34.8 Å². The van der Waals surface area contributed by atoms with Gasteiger partial charge in [0.2, 0.25) is 11.8 Å². The summed E-state index contributed by atoms with van der Waals surface area (Å²) in [5.74, 6) is -0.703. The van der Waals surface area contributed by atoms with Gasteiger partial charge in [0.15, 0.2) is 0 Å². The van der Waals surface area contributed by atoms with E-state index in [4.69, 9.17) is 11.6 Å². The van der Waals surface area contributed by atoms with Crippen LogP contribution in [0.1, 0.15) is 43.0 Å². The molecule has 5 nitrogen and oxygen atoms in total. The van der Waals surface area contributed by atoms with Gasteiger partial charge in [-0.1, -0.05) is 25.3 Å². The lowest BCUT2D eigenvalue weighted by molar-refractivity contribution is -0.126. The number of halogens is 1. The van der Waals surface area contributed by atoms with Gasteiger partial charge in [0.25, 0.3) is 0 Å². The van der Waals surface area contributed by atoms with Crippen LogP contribution in [-0.2, 0) is 9.59 Å². The van der Waals surface area contributed by atoms with Gasteiger partial charge in [-0.2, -0.15) is 0 Å². The number of nitrogens with zero attached hydrogens (tertiary/aromatic N) is 1. The van der Waals surface area contributed by atoms with Crippen molar-refractivity contribution in [3.05, 3.63) is 46.7 Å². The number of hydrogen-bond donors (Lipinski definition) is 2. The Balaban J connectivity index is 1.94. The van der Waals surface area contributed by atoms with E-state index in [1.54, 1.807) is 12.1 Å². The lowest BCUT2D eigenvalue weighted by Crippen LogP contribution is -2.47. The predicted molar refractivity (Wildman–Crippen MR) is 108 cm³/mol. The van der Waals surface area contributed by atoms with Crippen molar-refractivity contribution >= 4 is 40.4 Å². The summed E-state index contributed by atoms with van der Waals surface area (Å²) < 4.78 is 0. The first-order chi connectivity index (χ1) is 13.1. The smallest absolute Gasteiger partial charge is 0.248 e. The van der Waals surface area contributed by atoms with Gasteiger partial charge in [-0.05, 0) is 48.6 Å². The number of carbonyl (C=O) groups is 2. The number of phenols is 1. The van der Waals surface area contributed by atoms with Crippen molar-refractivity contribution in [2.45, 2.75) is 44.2 Å². The highest BCUT2D eigenvalue weighted by atomic mass is 35.5. The Morgan fingerprint density at radius 2 is 1.89 bits per heavy atom. The maximum Gasteiger partial charge on any atom is 0.248 e. The topological polar surface area (TPSA) is 69.6 Å². The highest BCUT2D eigenvalue weighted by Gasteiger charge is 2.34. The van der Waals surface area contributed by atoms with Crippen molar-refractivity contribution in [2.75, 3.05) is 10.8 Å². The third-order valence-corrected chi connectivity index (χ3v) is 5.94. The van der Waals surface area contributed by atoms with E-state index in [-0.39, 0.29) is 29.5 Å². The maximum atomic E-state index is 13.2. The number of benzene rings is 1. The fraction of sp³-hybridized carbons (Fsp3) is 0.400. The van der Waals surface area contributed by atoms with Gasteiger partial charge in [-0.3, -0.25) is 14.5 Å². The quantitative estimate of drug-likeness (QED) is 0.706. The third-order valence-electron chi connectivity index (χ3n) is 4.78. The summed E-state index contributed by atoms with van der Waals surface area (Å²) in [6.45, 7) is 0. The standard InChI is InChI=1S/C20H23ClN2O3S/c21-13-18(25)23(15-8-10-16(24)11-9-15)19(17-7-4-12-27-17)20(26)22-14-5-2-1-3-6-14/h4,7-12,14,19,24H,1-3,5-6,13H2,(H,22,26). The zero-order valence-corrected chi connectivity index (χ0v) is 16.5. The number of alkyl halides is 1. The molecule has 27 heavy (non-hydrogen) atoms. The first-order valence-electron chi connectivity index (χ1n) is 9.11. The van der Waals surface area contributed by atoms with Crippen LogP contribution in [0, 0.1) is 0 Å². The fourth-order valence-corrected chi connectivity index (χ4v) is 4.40. The summed E-state index contributed by atoms with van der Waals surface area (Å²) in [4.78, 5) is 28.1. The largest absolute Gasteiger partial charge is 0.508 e. The zero-order chi connectivity index (χ0) is 19.2. The molecule has 7 heteroatoms. The highest BCUT2D eigenvalue weighted by molar-refractivity contribution is 7.10. The second-order valence-corrected chi connectivity index (χ2v) is 7.92. The Morgan fingerprint density at radius 1 is 1.19 bits per heavy atom. The molecule has 0 spiro atoms. The van der Waals surface area contributed by atoms with Gasteiger partial charge in [0.05, 0.1) is 0 Å². The van der Waals surface area contributed by atoms with Crippen LogP contribution in [0.15, 0.2) is 41.8 Å². The number of thiophene rings is 1. The number of nitrogens with one attached hydrogen (secondary N) is 1. The monoisotopic (exact) mass is 406 g/mol. The molecule has 0 aliphatic heterocycles. The molecule has 1 aromatic heterocycles. The first kappa shape index (κ1) is 19.7. The fourth-order valence-electron chi connectivity index (χ4n) is 3.46. The Morgan fingerprint density at radius 3 is 2.48 bits per heavy atom. The van der Waals surface area contributed by atoms with Gasteiger partial charge in [0.1, 0.15) is 17.7 Å². The van der Waals surface area contributed by atoms with Gasteiger partial charge >= 0.3 is 0 Å². The van der Waals surface area contributed by atoms with E-state index in [9.17, 15) is 14.7 Å². The number of aromatic hydroxyl groups is 1. The SMILES string of the molecule is O=C(NC1CCCCC1)C(c1cccs1)N(C(=O)CCl)c1ccc(O)cc1. The van der Waals surface area contributed by atoms with Crippen LogP contribution < -0.4 is 10.2 Å². The molecule has 144 valence electrons. The lowest BCUT2D eigenvalue weighted by Gasteiger charge is -2.32. The number of amides is 2. The first-order valence-corrected chi connectivity index (χ1v) is 10.5. The van der Waals surface area contributed by atoms with E-state index in [0.717, 1.165) is 30.6 Å². The average molecular weight is 407 g/mol. The molecule has 1 aliphatic rings. The Bertz CT molecular complexity index is 758. The van der Waals surface area contributed by atoms with Crippen LogP contribution in [0.25, 0.3) is 0 Å². The highest BCUT2D eigenvalue weighted by Crippen LogP contribution is 2.32. The second-order valence-electron chi connectivity index (χ2n) is 6.68. The lowest BCUT2D eigenvalue weighted by atomic mass is 9.95. The van der Waals surface area contributed by atoms with Crippen LogP contribution in [-0.4, -0.2) is 28.8 Å². The summed E-state index contributed by atoms with van der Waals surface area (Å²) in [7, 11) is 0. The van der Waals surface area contributed by atoms with Gasteiger partial charge in [0, 0.05) is 16.6 Å². The van der Waals surface area contributed by atoms with Crippen molar-refractivity contribution in [3.8, 4) is 5.75 Å². The molecule has 1 unspecified atom stereocenters. The summed E-state index contributed by atoms with van der Waals surface area (Å²) in [6, 6.07) is 9.29. The van der Waals surface area contributed by atoms with Crippen molar-refractivity contribution in [1.82, 2.24) is 5.32 Å². The van der Waals surface area contributed by atoms with Crippen LogP contribution in [0.3, 0.4) is 0 Å². The number of anilines is 1. The molecule has 1 saturated carbocycles. The van der Waals surface area contributed by atoms with Crippen molar-refractivity contribution < 1.29 is 14.7 Å². The number of hydrogen-bond acceptors (Lipinski definition) is 4. The van der Waals surface area contributed by atoms with Crippen LogP contribution in [0.2, 0.25) is 0 Å². The summed E-state index contributed by atoms with van der Waals surface area (Å²) in [5, 5.41) is 14.6. The molecular weight excluding hydrogens is 384 g/mol. The summed E-state index contributed by atoms with van der Waals surface area (Å²) in [6.07, 6.45) is 5.34. The summed E-state index contributed by atoms with van der Waals surface area (Å²) >= 11 is 7.29. The van der Waals surface area contributed by atoms with Crippen LogP contribution in [0.5, 0.6) is 5.75 Å². The van der Waals surface area contributed by atoms with E-state index >= 15 is 0 Å². The van der Waals surface area contributed by atoms with Crippen molar-refractivity contribution in [3.63, 3.8) is 0 Å². The number of rotatable bonds is 6. The predicted octanol–water partition coefficient (Wildman–Crippen LogP) is 4.22. The minimum Gasteiger partial charge on any atom is -0.508 e. The molecule has 3 rings (SSSR count). The number of phenolic OH excluding ortho intramolecular Hbond substituents is 1. The molecular formula is C20H23ClN2O3S. The van der Waals surface area contributed by atoms with E-state index < -0.39 is 6.04 Å². The van der Waals surface area contributed by atoms with Gasteiger partial charge in [-0.25, -0.2) is 0 Å². The molecule has 1 fully saturated rings. The van der Waals surface area contributed by atoms with Crippen molar-refractivity contribution in [1.29, 1.82) is 0 Å². The average Bonchev–Trinajstić information content (AvgIpc) is 3.21. The van der Waals surface area contributed by atoms with Gasteiger partial charge in [-0.15, -0.1) is 22.9 Å². The molecule has 1 heterocycles. The Hall–Kier alpha value is -2.05. The molecule has 0 bridgehead atoms. The van der Waals surface area contributed by atoms with E-state index in [1.807, 2.05) is 17.5 Å². The van der Waals surface area contributed by atoms with E-state index in [0.29, 0.717) is 5.69 Å². The Kier molecular flexibility index (Phi) is 6.74. The zero-order valence-electron chi connectivity index (χ0n) is 14.9. The van der Waals surface area contributed by atoms with Crippen LogP contribution >= 0.6 is 22.9 Å². The second kappa shape index (κ2) is 9.24. The molecule has 2 aromatic rings. The molecule has 1 aliphatic carbocycles. The molecule has 1 aromatic carbocycles. The number of carbonyl (C=O) groups excluding carboxylic acids is 2. The molecule has 0 saturated heterocycles. The molecule has 2 N–H and O–H groups in total. The van der Waals surface area contributed by atoms with E-state index in [2.05, 4.69) is 5.32 Å². The van der Waals surface area contributed by atoms with Crippen molar-refractivity contribution in [2.24, 2.45) is 0 Å². The Labute approximate surface area is 168 Å². The maximum absolute atomic E-state index is 13.2. The molecule has 1 atom stereocenters. The minimum absolute atomic E-state index is 0.0938. The molecule has 2 amide bonds.